The molecule has 0 fully saturated rings. The summed E-state index contributed by atoms with van der Waals surface area (Å²) in [6.45, 7) is 2.21. The van der Waals surface area contributed by atoms with Crippen LogP contribution in [0, 0.1) is 0 Å². The highest BCUT2D eigenvalue weighted by Gasteiger charge is 2.14. The van der Waals surface area contributed by atoms with Gasteiger partial charge in [-0.25, -0.2) is 4.98 Å². The SMILES string of the molecule is CC[C@@H](Cc1nc2ccccc2o1)c1ccccc1. The van der Waals surface area contributed by atoms with Crippen molar-refractivity contribution < 1.29 is 4.42 Å². The van der Waals surface area contributed by atoms with Crippen molar-refractivity contribution in [2.45, 2.75) is 25.7 Å². The molecular formula is C17H17NO. The zero-order valence-electron chi connectivity index (χ0n) is 11.0. The zero-order valence-corrected chi connectivity index (χ0v) is 11.0. The molecule has 2 nitrogen and oxygen atoms in total. The van der Waals surface area contributed by atoms with Crippen LogP contribution in [0.4, 0.5) is 0 Å². The van der Waals surface area contributed by atoms with Crippen LogP contribution >= 0.6 is 0 Å². The Balaban J connectivity index is 1.86. The molecule has 0 aliphatic rings. The third-order valence-electron chi connectivity index (χ3n) is 3.52. The second-order valence-electron chi connectivity index (χ2n) is 4.80. The van der Waals surface area contributed by atoms with Crippen LogP contribution in [-0.2, 0) is 6.42 Å². The van der Waals surface area contributed by atoms with Crippen LogP contribution in [0.1, 0.15) is 30.7 Å². The highest BCUT2D eigenvalue weighted by atomic mass is 16.3. The fraction of sp³-hybridized carbons (Fsp3) is 0.235. The molecular weight excluding hydrogens is 234 g/mol. The predicted octanol–water partition coefficient (Wildman–Crippen LogP) is 4.56. The van der Waals surface area contributed by atoms with Crippen LogP contribution in [-0.4, -0.2) is 4.98 Å². The molecule has 0 saturated heterocycles. The van der Waals surface area contributed by atoms with Gasteiger partial charge in [-0.3, -0.25) is 0 Å². The van der Waals surface area contributed by atoms with E-state index in [1.807, 2.05) is 24.3 Å². The van der Waals surface area contributed by atoms with Crippen LogP contribution in [0.5, 0.6) is 0 Å². The molecule has 0 aliphatic heterocycles. The van der Waals surface area contributed by atoms with E-state index in [0.717, 1.165) is 29.8 Å². The number of benzene rings is 2. The standard InChI is InChI=1S/C17H17NO/c1-2-13(14-8-4-3-5-9-14)12-17-18-15-10-6-7-11-16(15)19-17/h3-11,13H,2,12H2,1H3/t13-/m0/s1. The molecule has 0 radical (unpaired) electrons. The third kappa shape index (κ3) is 2.53. The maximum Gasteiger partial charge on any atom is 0.196 e. The first-order chi connectivity index (χ1) is 9.36. The van der Waals surface area contributed by atoms with E-state index in [1.54, 1.807) is 0 Å². The molecule has 1 atom stereocenters. The van der Waals surface area contributed by atoms with Crippen molar-refractivity contribution in [3.8, 4) is 0 Å². The maximum atomic E-state index is 5.81. The summed E-state index contributed by atoms with van der Waals surface area (Å²) < 4.78 is 5.81. The molecule has 0 spiro atoms. The fourth-order valence-corrected chi connectivity index (χ4v) is 2.44. The van der Waals surface area contributed by atoms with E-state index in [-0.39, 0.29) is 0 Å². The Bertz CT molecular complexity index is 624. The number of fused-ring (bicyclic) bond motifs is 1. The molecule has 0 N–H and O–H groups in total. The van der Waals surface area contributed by atoms with Gasteiger partial charge in [0.15, 0.2) is 11.5 Å². The van der Waals surface area contributed by atoms with Crippen molar-refractivity contribution >= 4 is 11.1 Å². The predicted molar refractivity (Wildman–Crippen MR) is 77.2 cm³/mol. The first-order valence-electron chi connectivity index (χ1n) is 6.76. The smallest absolute Gasteiger partial charge is 0.196 e. The van der Waals surface area contributed by atoms with Crippen LogP contribution in [0.2, 0.25) is 0 Å². The average molecular weight is 251 g/mol. The Morgan fingerprint density at radius 3 is 2.47 bits per heavy atom. The molecule has 2 aromatic carbocycles. The molecule has 96 valence electrons. The van der Waals surface area contributed by atoms with Gasteiger partial charge in [-0.2, -0.15) is 0 Å². The van der Waals surface area contributed by atoms with Crippen molar-refractivity contribution in [1.29, 1.82) is 0 Å². The number of aromatic nitrogens is 1. The quantitative estimate of drug-likeness (QED) is 0.679. The Labute approximate surface area is 113 Å². The highest BCUT2D eigenvalue weighted by Crippen LogP contribution is 2.25. The molecule has 3 aromatic rings. The van der Waals surface area contributed by atoms with Gasteiger partial charge in [-0.15, -0.1) is 0 Å². The van der Waals surface area contributed by atoms with E-state index < -0.39 is 0 Å². The lowest BCUT2D eigenvalue weighted by Crippen LogP contribution is -2.01. The molecule has 19 heavy (non-hydrogen) atoms. The summed E-state index contributed by atoms with van der Waals surface area (Å²) in [5, 5.41) is 0. The summed E-state index contributed by atoms with van der Waals surface area (Å²) >= 11 is 0. The molecule has 3 rings (SSSR count). The molecule has 0 saturated carbocycles. The second-order valence-corrected chi connectivity index (χ2v) is 4.80. The average Bonchev–Trinajstić information content (AvgIpc) is 2.88. The minimum absolute atomic E-state index is 0.467. The van der Waals surface area contributed by atoms with Crippen LogP contribution in [0.15, 0.2) is 59.0 Å². The number of para-hydroxylation sites is 2. The van der Waals surface area contributed by atoms with Crippen LogP contribution in [0.3, 0.4) is 0 Å². The minimum Gasteiger partial charge on any atom is -0.441 e. The number of rotatable bonds is 4. The minimum atomic E-state index is 0.467. The van der Waals surface area contributed by atoms with Gasteiger partial charge in [0, 0.05) is 6.42 Å². The Hall–Kier alpha value is -2.09. The second kappa shape index (κ2) is 5.27. The largest absolute Gasteiger partial charge is 0.441 e. The van der Waals surface area contributed by atoms with E-state index in [4.69, 9.17) is 4.42 Å². The van der Waals surface area contributed by atoms with E-state index >= 15 is 0 Å². The monoisotopic (exact) mass is 251 g/mol. The van der Waals surface area contributed by atoms with Gasteiger partial charge in [0.2, 0.25) is 0 Å². The van der Waals surface area contributed by atoms with E-state index in [0.29, 0.717) is 5.92 Å². The Kier molecular flexibility index (Phi) is 3.32. The summed E-state index contributed by atoms with van der Waals surface area (Å²) in [6, 6.07) is 18.5. The Morgan fingerprint density at radius 1 is 1.00 bits per heavy atom. The lowest BCUT2D eigenvalue weighted by molar-refractivity contribution is 0.492. The fourth-order valence-electron chi connectivity index (χ4n) is 2.44. The van der Waals surface area contributed by atoms with Gasteiger partial charge >= 0.3 is 0 Å². The van der Waals surface area contributed by atoms with E-state index in [2.05, 4.69) is 42.2 Å². The van der Waals surface area contributed by atoms with Crippen molar-refractivity contribution in [2.75, 3.05) is 0 Å². The number of nitrogens with zero attached hydrogens (tertiary/aromatic N) is 1. The molecule has 0 bridgehead atoms. The van der Waals surface area contributed by atoms with Gasteiger partial charge in [0.05, 0.1) is 0 Å². The van der Waals surface area contributed by atoms with Crippen LogP contribution in [0.25, 0.3) is 11.1 Å². The first kappa shape index (κ1) is 12.0. The molecule has 1 heterocycles. The number of oxazole rings is 1. The van der Waals surface area contributed by atoms with E-state index in [1.165, 1.54) is 5.56 Å². The summed E-state index contributed by atoms with van der Waals surface area (Å²) in [4.78, 5) is 4.56. The molecule has 1 aromatic heterocycles. The first-order valence-corrected chi connectivity index (χ1v) is 6.76. The summed E-state index contributed by atoms with van der Waals surface area (Å²) in [7, 11) is 0. The van der Waals surface area contributed by atoms with Gasteiger partial charge in [-0.05, 0) is 30.0 Å². The van der Waals surface area contributed by atoms with Gasteiger partial charge in [-0.1, -0.05) is 49.4 Å². The van der Waals surface area contributed by atoms with Crippen molar-refractivity contribution in [3.05, 3.63) is 66.1 Å². The number of hydrogen-bond donors (Lipinski definition) is 0. The van der Waals surface area contributed by atoms with Gasteiger partial charge in [0.1, 0.15) is 5.52 Å². The lowest BCUT2D eigenvalue weighted by Gasteiger charge is -2.12. The maximum absolute atomic E-state index is 5.81. The van der Waals surface area contributed by atoms with Crippen molar-refractivity contribution in [1.82, 2.24) is 4.98 Å². The van der Waals surface area contributed by atoms with Gasteiger partial charge < -0.3 is 4.42 Å². The highest BCUT2D eigenvalue weighted by molar-refractivity contribution is 5.72. The van der Waals surface area contributed by atoms with Crippen molar-refractivity contribution in [3.63, 3.8) is 0 Å². The van der Waals surface area contributed by atoms with E-state index in [9.17, 15) is 0 Å². The summed E-state index contributed by atoms with van der Waals surface area (Å²) in [5.74, 6) is 1.30. The molecule has 2 heteroatoms. The number of hydrogen-bond acceptors (Lipinski definition) is 2. The van der Waals surface area contributed by atoms with Crippen molar-refractivity contribution in [2.24, 2.45) is 0 Å². The van der Waals surface area contributed by atoms with Crippen LogP contribution < -0.4 is 0 Å². The normalized spacial score (nSPS) is 12.7. The molecule has 0 unspecified atom stereocenters. The summed E-state index contributed by atoms with van der Waals surface area (Å²) in [5.41, 5.74) is 3.17. The zero-order chi connectivity index (χ0) is 13.1. The molecule has 0 amide bonds. The van der Waals surface area contributed by atoms with Gasteiger partial charge in [0.25, 0.3) is 0 Å². The lowest BCUT2D eigenvalue weighted by atomic mass is 9.93. The molecule has 0 aliphatic carbocycles. The third-order valence-corrected chi connectivity index (χ3v) is 3.52. The Morgan fingerprint density at radius 2 is 1.74 bits per heavy atom. The topological polar surface area (TPSA) is 26.0 Å². The summed E-state index contributed by atoms with van der Waals surface area (Å²) in [6.07, 6.45) is 1.94.